The third kappa shape index (κ3) is 8.23. The number of carbonyl (C=O) groups is 1. The first kappa shape index (κ1) is 21.3. The van der Waals surface area contributed by atoms with Crippen LogP contribution in [0, 0.1) is 0 Å². The molecule has 1 heterocycles. The van der Waals surface area contributed by atoms with Gasteiger partial charge in [0.15, 0.2) is 0 Å². The van der Waals surface area contributed by atoms with E-state index in [9.17, 15) is 4.79 Å². The van der Waals surface area contributed by atoms with Crippen LogP contribution in [0.4, 0.5) is 0 Å². The van der Waals surface area contributed by atoms with Crippen molar-refractivity contribution in [2.24, 2.45) is 0 Å². The second kappa shape index (κ2) is 9.04. The van der Waals surface area contributed by atoms with Crippen molar-refractivity contribution in [1.82, 2.24) is 4.98 Å². The van der Waals surface area contributed by atoms with Crippen LogP contribution in [0.3, 0.4) is 0 Å². The number of fused-ring (bicyclic) bond motifs is 1. The fourth-order valence-electron chi connectivity index (χ4n) is 1.19. The number of carboxylic acid groups (broad SMARTS) is 1. The van der Waals surface area contributed by atoms with E-state index in [2.05, 4.69) is 4.98 Å². The van der Waals surface area contributed by atoms with Gasteiger partial charge >= 0.3 is 16.4 Å². The molecule has 7 nitrogen and oxygen atoms in total. The van der Waals surface area contributed by atoms with Gasteiger partial charge < -0.3 is 5.11 Å². The summed E-state index contributed by atoms with van der Waals surface area (Å²) in [6, 6.07) is 10.7. The number of pyridine rings is 1. The summed E-state index contributed by atoms with van der Waals surface area (Å²) in [4.78, 5) is 14.6. The van der Waals surface area contributed by atoms with E-state index in [0.717, 1.165) is 5.39 Å². The molecule has 10 heteroatoms. The average Bonchev–Trinajstić information content (AvgIpc) is 2.26. The van der Waals surface area contributed by atoms with Crippen molar-refractivity contribution in [2.75, 3.05) is 0 Å². The van der Waals surface area contributed by atoms with Crippen LogP contribution in [0.2, 0.25) is 0 Å². The number of para-hydroxylation sites is 1. The molecular weight excluding hydrogens is 389 g/mol. The number of carboxylic acids is 1. The SMILES string of the molecule is O=C(O)c1ccc2ccccc2n1.O=S(=O)(O)O.[Cu].[Cu]. The molecule has 0 spiro atoms. The van der Waals surface area contributed by atoms with E-state index in [1.807, 2.05) is 18.2 Å². The van der Waals surface area contributed by atoms with Crippen LogP contribution < -0.4 is 0 Å². The zero-order chi connectivity index (χ0) is 13.8. The molecule has 2 rings (SSSR count). The Balaban J connectivity index is 0. The molecule has 0 unspecified atom stereocenters. The molecule has 118 valence electrons. The molecule has 3 N–H and O–H groups in total. The summed E-state index contributed by atoms with van der Waals surface area (Å²) in [6.07, 6.45) is 0. The van der Waals surface area contributed by atoms with Crippen LogP contribution in [0.1, 0.15) is 10.5 Å². The minimum Gasteiger partial charge on any atom is -0.477 e. The van der Waals surface area contributed by atoms with E-state index in [4.69, 9.17) is 22.6 Å². The molecular formula is C10H9Cu2NO6S. The van der Waals surface area contributed by atoms with Crippen LogP contribution in [0.5, 0.6) is 0 Å². The maximum Gasteiger partial charge on any atom is 0.394 e. The van der Waals surface area contributed by atoms with E-state index in [-0.39, 0.29) is 39.8 Å². The van der Waals surface area contributed by atoms with Crippen molar-refractivity contribution in [3.05, 3.63) is 42.1 Å². The molecule has 1 aromatic carbocycles. The topological polar surface area (TPSA) is 125 Å². The van der Waals surface area contributed by atoms with E-state index < -0.39 is 16.4 Å². The minimum atomic E-state index is -4.67. The normalized spacial score (nSPS) is 9.50. The van der Waals surface area contributed by atoms with Crippen molar-refractivity contribution in [3.63, 3.8) is 0 Å². The molecule has 0 saturated carbocycles. The Bertz CT molecular complexity index is 668. The second-order valence-electron chi connectivity index (χ2n) is 3.14. The minimum absolute atomic E-state index is 0. The largest absolute Gasteiger partial charge is 0.477 e. The van der Waals surface area contributed by atoms with Crippen LogP contribution in [-0.2, 0) is 44.5 Å². The smallest absolute Gasteiger partial charge is 0.394 e. The number of aromatic nitrogens is 1. The molecule has 0 amide bonds. The van der Waals surface area contributed by atoms with Gasteiger partial charge in [-0.3, -0.25) is 9.11 Å². The van der Waals surface area contributed by atoms with E-state index in [0.29, 0.717) is 5.52 Å². The van der Waals surface area contributed by atoms with E-state index in [1.165, 1.54) is 6.07 Å². The first-order valence-corrected chi connectivity index (χ1v) is 5.96. The van der Waals surface area contributed by atoms with Gasteiger partial charge in [-0.15, -0.1) is 0 Å². The molecule has 0 fully saturated rings. The Labute approximate surface area is 135 Å². The van der Waals surface area contributed by atoms with Crippen molar-refractivity contribution in [2.45, 2.75) is 0 Å². The van der Waals surface area contributed by atoms with Crippen LogP contribution in [0.15, 0.2) is 36.4 Å². The Hall–Kier alpha value is -0.991. The molecule has 0 aliphatic heterocycles. The molecule has 0 atom stereocenters. The summed E-state index contributed by atoms with van der Waals surface area (Å²) in [5.41, 5.74) is 0.793. The summed E-state index contributed by atoms with van der Waals surface area (Å²) in [6.45, 7) is 0. The average molecular weight is 398 g/mol. The number of rotatable bonds is 1. The molecule has 0 bridgehead atoms. The molecule has 0 aliphatic rings. The number of aromatic carboxylic acids is 1. The van der Waals surface area contributed by atoms with Gasteiger partial charge in [-0.25, -0.2) is 9.78 Å². The Morgan fingerprint density at radius 3 is 2.00 bits per heavy atom. The first-order chi connectivity index (χ1) is 8.27. The Morgan fingerprint density at radius 2 is 1.50 bits per heavy atom. The van der Waals surface area contributed by atoms with E-state index >= 15 is 0 Å². The maximum atomic E-state index is 10.6. The Morgan fingerprint density at radius 1 is 1.00 bits per heavy atom. The summed E-state index contributed by atoms with van der Waals surface area (Å²) in [5, 5.41) is 9.63. The zero-order valence-corrected chi connectivity index (χ0v) is 12.2. The van der Waals surface area contributed by atoms with Crippen molar-refractivity contribution in [1.29, 1.82) is 0 Å². The fourth-order valence-corrected chi connectivity index (χ4v) is 1.19. The molecule has 0 aliphatic carbocycles. The fraction of sp³-hybridized carbons (Fsp3) is 0. The molecule has 20 heavy (non-hydrogen) atoms. The summed E-state index contributed by atoms with van der Waals surface area (Å²) < 4.78 is 31.6. The van der Waals surface area contributed by atoms with Crippen LogP contribution in [-0.4, -0.2) is 33.6 Å². The van der Waals surface area contributed by atoms with Gasteiger partial charge in [0.1, 0.15) is 5.69 Å². The summed E-state index contributed by atoms with van der Waals surface area (Å²) in [5.74, 6) is -0.995. The predicted octanol–water partition coefficient (Wildman–Crippen LogP) is 1.28. The monoisotopic (exact) mass is 397 g/mol. The maximum absolute atomic E-state index is 10.6. The van der Waals surface area contributed by atoms with Gasteiger partial charge in [0.05, 0.1) is 5.52 Å². The van der Waals surface area contributed by atoms with Crippen molar-refractivity contribution < 1.29 is 61.6 Å². The quantitative estimate of drug-likeness (QED) is 0.488. The van der Waals surface area contributed by atoms with Crippen molar-refractivity contribution in [3.8, 4) is 0 Å². The van der Waals surface area contributed by atoms with Gasteiger partial charge in [0, 0.05) is 39.5 Å². The third-order valence-electron chi connectivity index (χ3n) is 1.82. The number of hydrogen-bond donors (Lipinski definition) is 3. The van der Waals surface area contributed by atoms with Gasteiger partial charge in [-0.05, 0) is 12.1 Å². The second-order valence-corrected chi connectivity index (χ2v) is 4.04. The molecule has 1 aromatic heterocycles. The number of nitrogens with zero attached hydrogens (tertiary/aromatic N) is 1. The van der Waals surface area contributed by atoms with Gasteiger partial charge in [-0.2, -0.15) is 8.42 Å². The predicted molar refractivity (Wildman–Crippen MR) is 62.9 cm³/mol. The van der Waals surface area contributed by atoms with Gasteiger partial charge in [0.25, 0.3) is 0 Å². The molecule has 0 saturated heterocycles. The standard InChI is InChI=1S/C10H7NO2.2Cu.H2O4S/c12-10(13)9-6-5-7-3-1-2-4-8(7)11-9;;;1-5(2,3)4/h1-6H,(H,12,13);;;(H2,1,2,3,4). The first-order valence-electron chi connectivity index (χ1n) is 4.56. The van der Waals surface area contributed by atoms with Gasteiger partial charge in [-0.1, -0.05) is 24.3 Å². The Kier molecular flexibility index (Phi) is 9.63. The van der Waals surface area contributed by atoms with Crippen molar-refractivity contribution >= 4 is 27.3 Å². The third-order valence-corrected chi connectivity index (χ3v) is 1.82. The van der Waals surface area contributed by atoms with Gasteiger partial charge in [0.2, 0.25) is 0 Å². The molecule has 2 radical (unpaired) electrons. The zero-order valence-electron chi connectivity index (χ0n) is 9.49. The number of hydrogen-bond acceptors (Lipinski definition) is 4. The summed E-state index contributed by atoms with van der Waals surface area (Å²) >= 11 is 0. The van der Waals surface area contributed by atoms with Crippen LogP contribution in [0.25, 0.3) is 10.9 Å². The summed E-state index contributed by atoms with van der Waals surface area (Å²) in [7, 11) is -4.67. The molecule has 2 aromatic rings. The van der Waals surface area contributed by atoms with E-state index in [1.54, 1.807) is 12.1 Å². The van der Waals surface area contributed by atoms with Crippen LogP contribution >= 0.6 is 0 Å². The number of benzene rings is 1.